The van der Waals surface area contributed by atoms with Crippen molar-refractivity contribution < 1.29 is 14.9 Å². The van der Waals surface area contributed by atoms with Gasteiger partial charge in [0.1, 0.15) is 0 Å². The first-order chi connectivity index (χ1) is 7.63. The number of rotatable bonds is 4. The molecular weight excluding hydrogens is 208 g/mol. The van der Waals surface area contributed by atoms with Crippen molar-refractivity contribution in [3.05, 3.63) is 23.3 Å². The van der Waals surface area contributed by atoms with Crippen molar-refractivity contribution in [2.45, 2.75) is 6.10 Å². The fourth-order valence-electron chi connectivity index (χ4n) is 1.41. The number of benzene rings is 1. The summed E-state index contributed by atoms with van der Waals surface area (Å²) in [6.45, 7) is 0.283. The zero-order valence-corrected chi connectivity index (χ0v) is 9.19. The summed E-state index contributed by atoms with van der Waals surface area (Å²) in [7, 11) is 3.08. The van der Waals surface area contributed by atoms with Gasteiger partial charge in [0.15, 0.2) is 11.5 Å². The van der Waals surface area contributed by atoms with Gasteiger partial charge in [0.25, 0.3) is 0 Å². The van der Waals surface area contributed by atoms with Crippen LogP contribution in [0, 0.1) is 11.3 Å². The summed E-state index contributed by atoms with van der Waals surface area (Å²) in [5, 5.41) is 31.1. The maximum absolute atomic E-state index is 9.78. The lowest BCUT2D eigenvalue weighted by atomic mass is 10.0. The average molecular weight is 222 g/mol. The molecule has 5 heteroatoms. The topological polar surface area (TPSA) is 85.5 Å². The Bertz CT molecular complexity index is 412. The van der Waals surface area contributed by atoms with Gasteiger partial charge in [-0.1, -0.05) is 0 Å². The van der Waals surface area contributed by atoms with E-state index in [9.17, 15) is 10.2 Å². The van der Waals surface area contributed by atoms with E-state index in [1.807, 2.05) is 6.07 Å². The number of aromatic hydroxyl groups is 1. The highest BCUT2D eigenvalue weighted by Gasteiger charge is 2.16. The zero-order valence-electron chi connectivity index (χ0n) is 9.19. The second-order valence-corrected chi connectivity index (χ2v) is 3.30. The number of ether oxygens (including phenoxy) is 1. The molecule has 0 fully saturated rings. The summed E-state index contributed by atoms with van der Waals surface area (Å²) in [6, 6.07) is 4.81. The number of phenolic OH excluding ortho intramolecular Hbond substituents is 1. The van der Waals surface area contributed by atoms with Crippen LogP contribution < -0.4 is 10.1 Å². The van der Waals surface area contributed by atoms with E-state index < -0.39 is 6.10 Å². The molecule has 1 unspecified atom stereocenters. The largest absolute Gasteiger partial charge is 0.504 e. The van der Waals surface area contributed by atoms with E-state index in [4.69, 9.17) is 10.00 Å². The summed E-state index contributed by atoms with van der Waals surface area (Å²) >= 11 is 0. The molecule has 0 amide bonds. The highest BCUT2D eigenvalue weighted by molar-refractivity contribution is 5.52. The second kappa shape index (κ2) is 5.35. The molecule has 1 rings (SSSR count). The Morgan fingerprint density at radius 3 is 2.75 bits per heavy atom. The van der Waals surface area contributed by atoms with Crippen molar-refractivity contribution in [3.63, 3.8) is 0 Å². The average Bonchev–Trinajstić information content (AvgIpc) is 2.29. The van der Waals surface area contributed by atoms with Gasteiger partial charge in [0, 0.05) is 18.2 Å². The third-order valence-corrected chi connectivity index (χ3v) is 2.21. The quantitative estimate of drug-likeness (QED) is 0.691. The summed E-state index contributed by atoms with van der Waals surface area (Å²) in [5.74, 6) is 0.0495. The van der Waals surface area contributed by atoms with Gasteiger partial charge in [-0.3, -0.25) is 0 Å². The van der Waals surface area contributed by atoms with E-state index in [1.165, 1.54) is 19.2 Å². The van der Waals surface area contributed by atoms with Crippen molar-refractivity contribution in [1.29, 1.82) is 5.26 Å². The number of likely N-dealkylation sites (N-methyl/N-ethyl adjacent to an activating group) is 1. The Kier molecular flexibility index (Phi) is 4.11. The predicted molar refractivity (Wildman–Crippen MR) is 58.3 cm³/mol. The molecule has 0 aliphatic carbocycles. The molecule has 1 atom stereocenters. The third-order valence-electron chi connectivity index (χ3n) is 2.21. The Balaban J connectivity index is 3.21. The van der Waals surface area contributed by atoms with Crippen LogP contribution in [0.25, 0.3) is 0 Å². The number of methoxy groups -OCH3 is 1. The molecule has 0 heterocycles. The minimum Gasteiger partial charge on any atom is -0.504 e. The van der Waals surface area contributed by atoms with E-state index in [0.29, 0.717) is 5.56 Å². The van der Waals surface area contributed by atoms with Crippen LogP contribution in [0.15, 0.2) is 12.1 Å². The lowest BCUT2D eigenvalue weighted by molar-refractivity contribution is 0.173. The monoisotopic (exact) mass is 222 g/mol. The molecule has 0 spiro atoms. The number of aliphatic hydroxyl groups excluding tert-OH is 1. The van der Waals surface area contributed by atoms with Gasteiger partial charge in [-0.2, -0.15) is 5.26 Å². The van der Waals surface area contributed by atoms with Crippen molar-refractivity contribution >= 4 is 0 Å². The van der Waals surface area contributed by atoms with Gasteiger partial charge in [-0.15, -0.1) is 0 Å². The van der Waals surface area contributed by atoms with Gasteiger partial charge < -0.3 is 20.3 Å². The van der Waals surface area contributed by atoms with Crippen LogP contribution in [-0.2, 0) is 0 Å². The van der Waals surface area contributed by atoms with Crippen molar-refractivity contribution in [3.8, 4) is 17.6 Å². The van der Waals surface area contributed by atoms with E-state index in [-0.39, 0.29) is 23.6 Å². The molecule has 5 nitrogen and oxygen atoms in total. The fourth-order valence-corrected chi connectivity index (χ4v) is 1.41. The van der Waals surface area contributed by atoms with E-state index in [0.717, 1.165) is 0 Å². The summed E-state index contributed by atoms with van der Waals surface area (Å²) in [6.07, 6.45) is -0.882. The number of nitrogens with zero attached hydrogens (tertiary/aromatic N) is 1. The van der Waals surface area contributed by atoms with Crippen molar-refractivity contribution in [2.75, 3.05) is 20.7 Å². The minimum atomic E-state index is -0.882. The molecule has 0 saturated carbocycles. The van der Waals surface area contributed by atoms with Crippen LogP contribution in [0.2, 0.25) is 0 Å². The lowest BCUT2D eigenvalue weighted by Gasteiger charge is -2.14. The molecule has 86 valence electrons. The number of aliphatic hydroxyl groups is 1. The summed E-state index contributed by atoms with van der Waals surface area (Å²) < 4.78 is 4.92. The molecular formula is C11H14N2O3. The predicted octanol–water partition coefficient (Wildman–Crippen LogP) is 0.525. The number of hydrogen-bond acceptors (Lipinski definition) is 5. The van der Waals surface area contributed by atoms with E-state index in [2.05, 4.69) is 5.32 Å². The number of phenols is 1. The van der Waals surface area contributed by atoms with Gasteiger partial charge in [0.2, 0.25) is 0 Å². The Morgan fingerprint density at radius 2 is 2.25 bits per heavy atom. The molecule has 3 N–H and O–H groups in total. The summed E-state index contributed by atoms with van der Waals surface area (Å²) in [5.41, 5.74) is 0.616. The second-order valence-electron chi connectivity index (χ2n) is 3.30. The molecule has 0 bridgehead atoms. The van der Waals surface area contributed by atoms with Crippen molar-refractivity contribution in [2.24, 2.45) is 0 Å². The first-order valence-electron chi connectivity index (χ1n) is 4.77. The Morgan fingerprint density at radius 1 is 1.56 bits per heavy atom. The molecule has 0 aliphatic heterocycles. The number of hydrogen-bond donors (Lipinski definition) is 3. The van der Waals surface area contributed by atoms with E-state index in [1.54, 1.807) is 7.05 Å². The van der Waals surface area contributed by atoms with Crippen molar-refractivity contribution in [1.82, 2.24) is 5.32 Å². The van der Waals surface area contributed by atoms with Crippen LogP contribution >= 0.6 is 0 Å². The van der Waals surface area contributed by atoms with Gasteiger partial charge in [0.05, 0.1) is 24.8 Å². The Hall–Kier alpha value is -1.77. The molecule has 1 aromatic carbocycles. The number of nitrogens with one attached hydrogen (secondary N) is 1. The Labute approximate surface area is 93.9 Å². The molecule has 0 radical (unpaired) electrons. The maximum atomic E-state index is 9.78. The first kappa shape index (κ1) is 12.3. The molecule has 1 aromatic rings. The van der Waals surface area contributed by atoms with Crippen LogP contribution in [-0.4, -0.2) is 30.9 Å². The van der Waals surface area contributed by atoms with Crippen LogP contribution in [0.1, 0.15) is 17.2 Å². The standard InChI is InChI=1S/C11H14N2O3/c1-13-6-9(14)8-3-7(5-12)4-10(16-2)11(8)15/h3-4,9,13-15H,6H2,1-2H3. The van der Waals surface area contributed by atoms with Gasteiger partial charge in [-0.05, 0) is 13.1 Å². The molecule has 16 heavy (non-hydrogen) atoms. The normalized spacial score (nSPS) is 11.9. The van der Waals surface area contributed by atoms with Gasteiger partial charge >= 0.3 is 0 Å². The minimum absolute atomic E-state index is 0.135. The van der Waals surface area contributed by atoms with Gasteiger partial charge in [-0.25, -0.2) is 0 Å². The number of nitriles is 1. The molecule has 0 aliphatic rings. The third kappa shape index (κ3) is 2.42. The highest BCUT2D eigenvalue weighted by atomic mass is 16.5. The van der Waals surface area contributed by atoms with Crippen LogP contribution in [0.3, 0.4) is 0 Å². The molecule has 0 aromatic heterocycles. The first-order valence-corrected chi connectivity index (χ1v) is 4.77. The highest BCUT2D eigenvalue weighted by Crippen LogP contribution is 2.34. The zero-order chi connectivity index (χ0) is 12.1. The smallest absolute Gasteiger partial charge is 0.163 e. The summed E-state index contributed by atoms with van der Waals surface area (Å²) in [4.78, 5) is 0. The molecule has 0 saturated heterocycles. The van der Waals surface area contributed by atoms with Crippen LogP contribution in [0.5, 0.6) is 11.5 Å². The fraction of sp³-hybridized carbons (Fsp3) is 0.364. The van der Waals surface area contributed by atoms with E-state index >= 15 is 0 Å². The SMILES string of the molecule is CNCC(O)c1cc(C#N)cc(OC)c1O. The van der Waals surface area contributed by atoms with Crippen LogP contribution in [0.4, 0.5) is 0 Å². The maximum Gasteiger partial charge on any atom is 0.163 e. The lowest BCUT2D eigenvalue weighted by Crippen LogP contribution is -2.17.